The highest BCUT2D eigenvalue weighted by Gasteiger charge is 2.27. The van der Waals surface area contributed by atoms with E-state index in [1.54, 1.807) is 0 Å². The first-order chi connectivity index (χ1) is 7.08. The van der Waals surface area contributed by atoms with Gasteiger partial charge in [0, 0.05) is 11.6 Å². The van der Waals surface area contributed by atoms with Crippen LogP contribution in [0.15, 0.2) is 12.1 Å². The number of benzene rings is 1. The molecule has 15 heavy (non-hydrogen) atoms. The molecule has 0 aliphatic carbocycles. The summed E-state index contributed by atoms with van der Waals surface area (Å²) >= 11 is 0. The van der Waals surface area contributed by atoms with Gasteiger partial charge in [0.1, 0.15) is 11.9 Å². The molecule has 80 valence electrons. The van der Waals surface area contributed by atoms with Crippen molar-refractivity contribution in [2.75, 3.05) is 6.54 Å². The van der Waals surface area contributed by atoms with Crippen molar-refractivity contribution in [1.29, 1.82) is 0 Å². The maximum Gasteiger partial charge on any atom is 0.407 e. The lowest BCUT2D eigenvalue weighted by Crippen LogP contribution is -2.12. The van der Waals surface area contributed by atoms with Crippen LogP contribution in [0.1, 0.15) is 11.7 Å². The topological polar surface area (TPSA) is 38.3 Å². The highest BCUT2D eigenvalue weighted by atomic mass is 19.2. The van der Waals surface area contributed by atoms with Gasteiger partial charge in [-0.15, -0.1) is 0 Å². The van der Waals surface area contributed by atoms with Gasteiger partial charge in [0.25, 0.3) is 0 Å². The van der Waals surface area contributed by atoms with Crippen LogP contribution >= 0.6 is 0 Å². The van der Waals surface area contributed by atoms with Crippen LogP contribution < -0.4 is 5.32 Å². The first-order valence-corrected chi connectivity index (χ1v) is 4.17. The fourth-order valence-electron chi connectivity index (χ4n) is 1.35. The van der Waals surface area contributed by atoms with Gasteiger partial charge in [0.15, 0.2) is 11.6 Å². The molecule has 1 aliphatic heterocycles. The SMILES string of the molecule is O=C1NCC(c2cc(F)c(F)cc2F)O1. The van der Waals surface area contributed by atoms with Crippen LogP contribution in [0.4, 0.5) is 18.0 Å². The lowest BCUT2D eigenvalue weighted by atomic mass is 10.1. The highest BCUT2D eigenvalue weighted by Crippen LogP contribution is 2.25. The second-order valence-electron chi connectivity index (χ2n) is 3.06. The Balaban J connectivity index is 2.36. The number of amides is 1. The molecule has 1 fully saturated rings. The number of nitrogens with one attached hydrogen (secondary N) is 1. The summed E-state index contributed by atoms with van der Waals surface area (Å²) in [6, 6.07) is 1.12. The van der Waals surface area contributed by atoms with Crippen molar-refractivity contribution < 1.29 is 22.7 Å². The largest absolute Gasteiger partial charge is 0.439 e. The van der Waals surface area contributed by atoms with Crippen molar-refractivity contribution >= 4 is 6.09 Å². The number of carbonyl (C=O) groups is 1. The Morgan fingerprint density at radius 3 is 2.47 bits per heavy atom. The Bertz CT molecular complexity index is 422. The second-order valence-corrected chi connectivity index (χ2v) is 3.06. The van der Waals surface area contributed by atoms with E-state index < -0.39 is 29.6 Å². The van der Waals surface area contributed by atoms with Crippen LogP contribution in [0, 0.1) is 17.5 Å². The van der Waals surface area contributed by atoms with Crippen LogP contribution in [0.25, 0.3) is 0 Å². The summed E-state index contributed by atoms with van der Waals surface area (Å²) in [6.07, 6.45) is -1.61. The van der Waals surface area contributed by atoms with Crippen LogP contribution in [-0.4, -0.2) is 12.6 Å². The molecule has 0 radical (unpaired) electrons. The number of halogens is 3. The number of hydrogen-bond acceptors (Lipinski definition) is 2. The molecule has 0 bridgehead atoms. The average Bonchev–Trinajstić information content (AvgIpc) is 2.58. The Labute approximate surface area is 82.8 Å². The third-order valence-corrected chi connectivity index (χ3v) is 2.07. The van der Waals surface area contributed by atoms with Crippen LogP contribution in [0.2, 0.25) is 0 Å². The molecule has 2 rings (SSSR count). The third kappa shape index (κ3) is 1.74. The third-order valence-electron chi connectivity index (χ3n) is 2.07. The van der Waals surface area contributed by atoms with Gasteiger partial charge in [-0.2, -0.15) is 0 Å². The monoisotopic (exact) mass is 217 g/mol. The van der Waals surface area contributed by atoms with Gasteiger partial charge in [-0.1, -0.05) is 0 Å². The minimum atomic E-state index is -1.27. The maximum atomic E-state index is 13.2. The number of carbonyl (C=O) groups excluding carboxylic acids is 1. The normalized spacial score (nSPS) is 19.9. The molecule has 0 aromatic heterocycles. The number of alkyl carbamates (subject to hydrolysis) is 1. The summed E-state index contributed by atoms with van der Waals surface area (Å²) in [5, 5.41) is 2.29. The second kappa shape index (κ2) is 3.45. The lowest BCUT2D eigenvalue weighted by molar-refractivity contribution is 0.139. The molecule has 1 aromatic rings. The molecule has 0 saturated carbocycles. The highest BCUT2D eigenvalue weighted by molar-refractivity contribution is 5.69. The van der Waals surface area contributed by atoms with Gasteiger partial charge < -0.3 is 10.1 Å². The van der Waals surface area contributed by atoms with Crippen LogP contribution in [0.3, 0.4) is 0 Å². The van der Waals surface area contributed by atoms with E-state index in [1.807, 2.05) is 0 Å². The van der Waals surface area contributed by atoms with Gasteiger partial charge in [-0.3, -0.25) is 0 Å². The zero-order valence-electron chi connectivity index (χ0n) is 7.39. The fourth-order valence-corrected chi connectivity index (χ4v) is 1.35. The van der Waals surface area contributed by atoms with Gasteiger partial charge >= 0.3 is 6.09 Å². The molecule has 0 spiro atoms. The van der Waals surface area contributed by atoms with E-state index in [0.29, 0.717) is 12.1 Å². The molecule has 1 unspecified atom stereocenters. The Morgan fingerprint density at radius 1 is 1.20 bits per heavy atom. The van der Waals surface area contributed by atoms with Crippen molar-refractivity contribution in [3.8, 4) is 0 Å². The molecule has 1 atom stereocenters. The molecule has 3 nitrogen and oxygen atoms in total. The molecular weight excluding hydrogens is 211 g/mol. The zero-order chi connectivity index (χ0) is 11.0. The molecule has 1 aliphatic rings. The summed E-state index contributed by atoms with van der Waals surface area (Å²) in [5.74, 6) is -3.38. The molecule has 1 N–H and O–H groups in total. The number of hydrogen-bond donors (Lipinski definition) is 1. The van der Waals surface area contributed by atoms with Gasteiger partial charge in [0.05, 0.1) is 6.54 Å². The predicted molar refractivity (Wildman–Crippen MR) is 43.5 cm³/mol. The van der Waals surface area contributed by atoms with Gasteiger partial charge in [-0.05, 0) is 6.07 Å². The van der Waals surface area contributed by atoms with E-state index in [0.717, 1.165) is 0 Å². The Morgan fingerprint density at radius 2 is 1.87 bits per heavy atom. The molecular formula is C9H6F3NO2. The summed E-state index contributed by atoms with van der Waals surface area (Å²) in [6.45, 7) is 0.0425. The molecule has 6 heteroatoms. The minimum absolute atomic E-state index is 0.0425. The summed E-state index contributed by atoms with van der Waals surface area (Å²) in [4.78, 5) is 10.7. The first kappa shape index (κ1) is 9.82. The standard InChI is InChI=1S/C9H6F3NO2/c10-5-2-7(12)6(11)1-4(5)8-3-13-9(14)15-8/h1-2,8H,3H2,(H,13,14). The average molecular weight is 217 g/mol. The number of rotatable bonds is 1. The smallest absolute Gasteiger partial charge is 0.407 e. The van der Waals surface area contributed by atoms with E-state index in [9.17, 15) is 18.0 Å². The summed E-state index contributed by atoms with van der Waals surface area (Å²) < 4.78 is 43.2. The van der Waals surface area contributed by atoms with E-state index in [2.05, 4.69) is 10.1 Å². The van der Waals surface area contributed by atoms with E-state index >= 15 is 0 Å². The predicted octanol–water partition coefficient (Wildman–Crippen LogP) is 1.88. The van der Waals surface area contributed by atoms with Crippen LogP contribution in [-0.2, 0) is 4.74 Å². The molecule has 1 amide bonds. The van der Waals surface area contributed by atoms with E-state index in [-0.39, 0.29) is 12.1 Å². The first-order valence-electron chi connectivity index (χ1n) is 4.17. The summed E-state index contributed by atoms with van der Waals surface area (Å²) in [5.41, 5.74) is -0.174. The van der Waals surface area contributed by atoms with E-state index in [4.69, 9.17) is 0 Å². The number of ether oxygens (including phenoxy) is 1. The fraction of sp³-hybridized carbons (Fsp3) is 0.222. The van der Waals surface area contributed by atoms with Gasteiger partial charge in [-0.25, -0.2) is 18.0 Å². The van der Waals surface area contributed by atoms with Gasteiger partial charge in [0.2, 0.25) is 0 Å². The number of cyclic esters (lactones) is 1. The van der Waals surface area contributed by atoms with E-state index in [1.165, 1.54) is 0 Å². The van der Waals surface area contributed by atoms with Crippen molar-refractivity contribution in [2.24, 2.45) is 0 Å². The van der Waals surface area contributed by atoms with Crippen molar-refractivity contribution in [1.82, 2.24) is 5.32 Å². The Kier molecular flexibility index (Phi) is 2.26. The summed E-state index contributed by atoms with van der Waals surface area (Å²) in [7, 11) is 0. The maximum absolute atomic E-state index is 13.2. The van der Waals surface area contributed by atoms with Crippen molar-refractivity contribution in [2.45, 2.75) is 6.10 Å². The van der Waals surface area contributed by atoms with Crippen LogP contribution in [0.5, 0.6) is 0 Å². The van der Waals surface area contributed by atoms with Crippen molar-refractivity contribution in [3.63, 3.8) is 0 Å². The van der Waals surface area contributed by atoms with Crippen molar-refractivity contribution in [3.05, 3.63) is 35.1 Å². The minimum Gasteiger partial charge on any atom is -0.439 e. The molecule has 1 saturated heterocycles. The lowest BCUT2D eigenvalue weighted by Gasteiger charge is -2.09. The Hall–Kier alpha value is -1.72. The zero-order valence-corrected chi connectivity index (χ0v) is 7.39. The molecule has 1 heterocycles. The quantitative estimate of drug-likeness (QED) is 0.729. The molecule has 1 aromatic carbocycles.